The van der Waals surface area contributed by atoms with Crippen molar-refractivity contribution in [3.63, 3.8) is 0 Å². The predicted molar refractivity (Wildman–Crippen MR) is 114 cm³/mol. The standard InChI is InChI=1S/C21H21ClN2O3S/c1-12-4-5-13(2)17(8-12)19(26)11-28-21-23-18-9-15(22)6-7-16(18)20(27)24(21)10-14(3)25/h4-9,14,25H,10-11H2,1-3H3/t14-/m1/s1. The molecule has 3 rings (SSSR count). The van der Waals surface area contributed by atoms with Gasteiger partial charge in [0.15, 0.2) is 10.9 Å². The van der Waals surface area contributed by atoms with Gasteiger partial charge in [0.1, 0.15) is 0 Å². The van der Waals surface area contributed by atoms with Crippen molar-refractivity contribution in [3.05, 3.63) is 68.5 Å². The number of aliphatic hydroxyl groups is 1. The summed E-state index contributed by atoms with van der Waals surface area (Å²) in [6, 6.07) is 10.6. The second-order valence-corrected chi connectivity index (χ2v) is 8.23. The fraction of sp³-hybridized carbons (Fsp3) is 0.286. The van der Waals surface area contributed by atoms with Gasteiger partial charge in [0.25, 0.3) is 5.56 Å². The van der Waals surface area contributed by atoms with Crippen molar-refractivity contribution in [3.8, 4) is 0 Å². The van der Waals surface area contributed by atoms with E-state index in [0.29, 0.717) is 26.6 Å². The molecule has 0 spiro atoms. The zero-order valence-corrected chi connectivity index (χ0v) is 17.5. The Morgan fingerprint density at radius 1 is 1.25 bits per heavy atom. The van der Waals surface area contributed by atoms with Gasteiger partial charge in [0.2, 0.25) is 0 Å². The number of rotatable bonds is 6. The summed E-state index contributed by atoms with van der Waals surface area (Å²) in [7, 11) is 0. The summed E-state index contributed by atoms with van der Waals surface area (Å²) in [4.78, 5) is 30.1. The van der Waals surface area contributed by atoms with Crippen molar-refractivity contribution in [2.24, 2.45) is 0 Å². The highest BCUT2D eigenvalue weighted by Gasteiger charge is 2.16. The van der Waals surface area contributed by atoms with Gasteiger partial charge < -0.3 is 5.11 Å². The average Bonchev–Trinajstić information content (AvgIpc) is 2.63. The molecule has 1 aromatic heterocycles. The number of ketones is 1. The number of aromatic nitrogens is 2. The molecule has 0 radical (unpaired) electrons. The summed E-state index contributed by atoms with van der Waals surface area (Å²) in [6.07, 6.45) is -0.724. The molecule has 2 aromatic carbocycles. The molecule has 0 saturated carbocycles. The highest BCUT2D eigenvalue weighted by atomic mass is 35.5. The van der Waals surface area contributed by atoms with Crippen LogP contribution in [0.1, 0.15) is 28.4 Å². The molecule has 1 N–H and O–H groups in total. The zero-order chi connectivity index (χ0) is 20.4. The van der Waals surface area contributed by atoms with E-state index >= 15 is 0 Å². The summed E-state index contributed by atoms with van der Waals surface area (Å²) in [6.45, 7) is 5.55. The first kappa shape index (κ1) is 20.6. The maximum absolute atomic E-state index is 12.9. The topological polar surface area (TPSA) is 72.2 Å². The molecule has 0 aliphatic heterocycles. The van der Waals surface area contributed by atoms with Gasteiger partial charge in [-0.25, -0.2) is 4.98 Å². The van der Waals surface area contributed by atoms with Crippen LogP contribution in [0, 0.1) is 13.8 Å². The monoisotopic (exact) mass is 416 g/mol. The van der Waals surface area contributed by atoms with Crippen LogP contribution < -0.4 is 5.56 Å². The number of fused-ring (bicyclic) bond motifs is 1. The van der Waals surface area contributed by atoms with E-state index in [4.69, 9.17) is 11.6 Å². The number of hydrogen-bond donors (Lipinski definition) is 1. The Morgan fingerprint density at radius 3 is 2.71 bits per heavy atom. The van der Waals surface area contributed by atoms with Crippen LogP contribution in [0.5, 0.6) is 0 Å². The molecular weight excluding hydrogens is 396 g/mol. The fourth-order valence-electron chi connectivity index (χ4n) is 2.95. The van der Waals surface area contributed by atoms with E-state index in [1.807, 2.05) is 32.0 Å². The summed E-state index contributed by atoms with van der Waals surface area (Å²) >= 11 is 7.23. The van der Waals surface area contributed by atoms with Crippen molar-refractivity contribution in [1.82, 2.24) is 9.55 Å². The lowest BCUT2D eigenvalue weighted by atomic mass is 10.0. The summed E-state index contributed by atoms with van der Waals surface area (Å²) in [5.74, 6) is 0.109. The molecule has 0 aliphatic carbocycles. The second kappa shape index (κ2) is 8.47. The van der Waals surface area contributed by atoms with E-state index < -0.39 is 6.10 Å². The smallest absolute Gasteiger partial charge is 0.262 e. The Balaban J connectivity index is 1.98. The number of benzene rings is 2. The minimum absolute atomic E-state index is 0.0322. The lowest BCUT2D eigenvalue weighted by molar-refractivity contribution is 0.102. The molecule has 0 bridgehead atoms. The summed E-state index contributed by atoms with van der Waals surface area (Å²) in [5.41, 5.74) is 2.81. The van der Waals surface area contributed by atoms with E-state index in [9.17, 15) is 14.7 Å². The van der Waals surface area contributed by atoms with Crippen LogP contribution in [0.3, 0.4) is 0 Å². The van der Waals surface area contributed by atoms with Crippen molar-refractivity contribution in [1.29, 1.82) is 0 Å². The third kappa shape index (κ3) is 4.46. The van der Waals surface area contributed by atoms with E-state index in [1.165, 1.54) is 16.3 Å². The molecule has 0 saturated heterocycles. The highest BCUT2D eigenvalue weighted by molar-refractivity contribution is 7.99. The van der Waals surface area contributed by atoms with Crippen LogP contribution in [0.4, 0.5) is 0 Å². The molecule has 0 amide bonds. The molecule has 7 heteroatoms. The van der Waals surface area contributed by atoms with E-state index in [0.717, 1.165) is 11.1 Å². The maximum atomic E-state index is 12.9. The number of aliphatic hydroxyl groups excluding tert-OH is 1. The fourth-order valence-corrected chi connectivity index (χ4v) is 4.01. The van der Waals surface area contributed by atoms with Gasteiger partial charge in [0.05, 0.1) is 29.3 Å². The van der Waals surface area contributed by atoms with Crippen LogP contribution in [-0.4, -0.2) is 32.3 Å². The number of thioether (sulfide) groups is 1. The first-order valence-corrected chi connectivity index (χ1v) is 10.2. The zero-order valence-electron chi connectivity index (χ0n) is 15.9. The third-order valence-electron chi connectivity index (χ3n) is 4.35. The Morgan fingerprint density at radius 2 is 2.00 bits per heavy atom. The highest BCUT2D eigenvalue weighted by Crippen LogP contribution is 2.22. The van der Waals surface area contributed by atoms with Crippen LogP contribution in [0.15, 0.2) is 46.3 Å². The van der Waals surface area contributed by atoms with Crippen LogP contribution in [-0.2, 0) is 6.54 Å². The van der Waals surface area contributed by atoms with E-state index in [1.54, 1.807) is 25.1 Å². The Labute approximate surface area is 172 Å². The lowest BCUT2D eigenvalue weighted by Gasteiger charge is -2.14. The normalized spacial score (nSPS) is 12.3. The molecule has 3 aromatic rings. The van der Waals surface area contributed by atoms with Crippen LogP contribution >= 0.6 is 23.4 Å². The van der Waals surface area contributed by atoms with Crippen molar-refractivity contribution in [2.75, 3.05) is 5.75 Å². The Bertz CT molecular complexity index is 1110. The van der Waals surface area contributed by atoms with E-state index in [2.05, 4.69) is 4.98 Å². The van der Waals surface area contributed by atoms with Crippen molar-refractivity contribution >= 4 is 40.0 Å². The molecule has 5 nitrogen and oxygen atoms in total. The number of carbonyl (C=O) groups is 1. The van der Waals surface area contributed by atoms with Crippen LogP contribution in [0.25, 0.3) is 10.9 Å². The van der Waals surface area contributed by atoms with Gasteiger partial charge in [-0.3, -0.25) is 14.2 Å². The van der Waals surface area contributed by atoms with E-state index in [-0.39, 0.29) is 23.6 Å². The molecule has 0 aliphatic rings. The Kier molecular flexibility index (Phi) is 6.23. The molecule has 0 fully saturated rings. The SMILES string of the molecule is Cc1ccc(C)c(C(=O)CSc2nc3cc(Cl)ccc3c(=O)n2C[C@@H](C)O)c1. The first-order valence-electron chi connectivity index (χ1n) is 8.87. The quantitative estimate of drug-likeness (QED) is 0.373. The molecule has 0 unspecified atom stereocenters. The number of carbonyl (C=O) groups excluding carboxylic acids is 1. The number of halogens is 1. The van der Waals surface area contributed by atoms with Gasteiger partial charge in [0, 0.05) is 10.6 Å². The molecular formula is C21H21ClN2O3S. The minimum Gasteiger partial charge on any atom is -0.392 e. The van der Waals surface area contributed by atoms with Crippen molar-refractivity contribution < 1.29 is 9.90 Å². The first-order chi connectivity index (χ1) is 13.3. The maximum Gasteiger partial charge on any atom is 0.262 e. The third-order valence-corrected chi connectivity index (χ3v) is 5.57. The number of nitrogens with zero attached hydrogens (tertiary/aromatic N) is 2. The largest absolute Gasteiger partial charge is 0.392 e. The number of Topliss-reactive ketones (excluding diaryl/α,β-unsaturated/α-hetero) is 1. The van der Waals surface area contributed by atoms with Crippen LogP contribution in [0.2, 0.25) is 5.02 Å². The summed E-state index contributed by atoms with van der Waals surface area (Å²) < 4.78 is 1.42. The van der Waals surface area contributed by atoms with Gasteiger partial charge in [-0.1, -0.05) is 41.1 Å². The van der Waals surface area contributed by atoms with Gasteiger partial charge >= 0.3 is 0 Å². The summed E-state index contributed by atoms with van der Waals surface area (Å²) in [5, 5.41) is 11.1. The Hall–Kier alpha value is -2.15. The molecule has 28 heavy (non-hydrogen) atoms. The molecule has 1 atom stereocenters. The predicted octanol–water partition coefficient (Wildman–Crippen LogP) is 4.02. The van der Waals surface area contributed by atoms with Gasteiger partial charge in [-0.15, -0.1) is 0 Å². The second-order valence-electron chi connectivity index (χ2n) is 6.85. The lowest BCUT2D eigenvalue weighted by Crippen LogP contribution is -2.28. The van der Waals surface area contributed by atoms with Crippen molar-refractivity contribution in [2.45, 2.75) is 38.6 Å². The number of aryl methyl sites for hydroxylation is 2. The van der Waals surface area contributed by atoms with Gasteiger partial charge in [-0.2, -0.15) is 0 Å². The molecule has 1 heterocycles. The minimum atomic E-state index is -0.724. The van der Waals surface area contributed by atoms with Gasteiger partial charge in [-0.05, 0) is 50.6 Å². The average molecular weight is 417 g/mol. The molecule has 146 valence electrons. The number of hydrogen-bond acceptors (Lipinski definition) is 5.